The smallest absolute Gasteiger partial charge is 0.407 e. The Hall–Kier alpha value is -4.34. The molecule has 2 aromatic heterocycles. The average molecular weight is 474 g/mol. The molecule has 180 valence electrons. The number of hydrogen-bond donors (Lipinski definition) is 2. The van der Waals surface area contributed by atoms with E-state index < -0.39 is 6.09 Å². The molecule has 1 fully saturated rings. The quantitative estimate of drug-likeness (QED) is 0.452. The number of aromatic nitrogens is 4. The monoisotopic (exact) mass is 473 g/mol. The first kappa shape index (κ1) is 22.5. The Morgan fingerprint density at radius 2 is 1.89 bits per heavy atom. The summed E-state index contributed by atoms with van der Waals surface area (Å²) in [6, 6.07) is 17.5. The molecule has 1 saturated heterocycles. The highest BCUT2D eigenvalue weighted by molar-refractivity contribution is 5.91. The van der Waals surface area contributed by atoms with Gasteiger partial charge in [0.1, 0.15) is 24.0 Å². The first-order valence-corrected chi connectivity index (χ1v) is 11.4. The minimum atomic E-state index is -0.903. The second-order valence-corrected chi connectivity index (χ2v) is 8.65. The van der Waals surface area contributed by atoms with E-state index in [0.717, 1.165) is 22.3 Å². The SMILES string of the molecule is Cc1nc(N2CCN(C(=O)O)C[C@@H]2C)cc(-n2nc(N)c3ccc(OCc4ccccc4)cc32)n1. The van der Waals surface area contributed by atoms with Crippen LogP contribution in [0.2, 0.25) is 0 Å². The van der Waals surface area contributed by atoms with E-state index in [2.05, 4.69) is 20.0 Å². The van der Waals surface area contributed by atoms with E-state index in [0.29, 0.717) is 49.5 Å². The van der Waals surface area contributed by atoms with Gasteiger partial charge in [-0.15, -0.1) is 5.10 Å². The molecule has 0 radical (unpaired) electrons. The lowest BCUT2D eigenvalue weighted by Gasteiger charge is -2.39. The van der Waals surface area contributed by atoms with Crippen LogP contribution in [0.25, 0.3) is 16.7 Å². The van der Waals surface area contributed by atoms with Crippen LogP contribution in [0.1, 0.15) is 18.3 Å². The van der Waals surface area contributed by atoms with Gasteiger partial charge in [-0.1, -0.05) is 30.3 Å². The zero-order chi connectivity index (χ0) is 24.5. The number of nitrogen functional groups attached to an aromatic ring is 1. The maximum absolute atomic E-state index is 11.4. The van der Waals surface area contributed by atoms with Crippen LogP contribution in [0.5, 0.6) is 5.75 Å². The highest BCUT2D eigenvalue weighted by atomic mass is 16.5. The topological polar surface area (TPSA) is 123 Å². The van der Waals surface area contributed by atoms with Crippen LogP contribution >= 0.6 is 0 Å². The molecule has 35 heavy (non-hydrogen) atoms. The maximum atomic E-state index is 11.4. The second-order valence-electron chi connectivity index (χ2n) is 8.65. The van der Waals surface area contributed by atoms with Crippen molar-refractivity contribution < 1.29 is 14.6 Å². The molecular weight excluding hydrogens is 446 g/mol. The zero-order valence-electron chi connectivity index (χ0n) is 19.6. The maximum Gasteiger partial charge on any atom is 0.407 e. The zero-order valence-corrected chi connectivity index (χ0v) is 19.6. The molecule has 0 saturated carbocycles. The third-order valence-electron chi connectivity index (χ3n) is 6.15. The number of piperazine rings is 1. The predicted octanol–water partition coefficient (Wildman–Crippen LogP) is 3.47. The number of nitrogens with zero attached hydrogens (tertiary/aromatic N) is 6. The van der Waals surface area contributed by atoms with Crippen LogP contribution in [0.3, 0.4) is 0 Å². The van der Waals surface area contributed by atoms with Crippen molar-refractivity contribution in [2.45, 2.75) is 26.5 Å². The number of anilines is 2. The highest BCUT2D eigenvalue weighted by Gasteiger charge is 2.28. The highest BCUT2D eigenvalue weighted by Crippen LogP contribution is 2.29. The Balaban J connectivity index is 1.47. The fourth-order valence-corrected chi connectivity index (χ4v) is 4.39. The summed E-state index contributed by atoms with van der Waals surface area (Å²) in [5.74, 6) is 3.00. The van der Waals surface area contributed by atoms with Crippen molar-refractivity contribution in [3.05, 3.63) is 66.0 Å². The average Bonchev–Trinajstić information content (AvgIpc) is 3.18. The molecular formula is C25H27N7O3. The van der Waals surface area contributed by atoms with E-state index >= 15 is 0 Å². The lowest BCUT2D eigenvalue weighted by Crippen LogP contribution is -2.53. The minimum absolute atomic E-state index is 0.0283. The van der Waals surface area contributed by atoms with Gasteiger partial charge in [-0.3, -0.25) is 0 Å². The lowest BCUT2D eigenvalue weighted by molar-refractivity contribution is 0.136. The summed E-state index contributed by atoms with van der Waals surface area (Å²) in [6.07, 6.45) is -0.903. The number of fused-ring (bicyclic) bond motifs is 1. The summed E-state index contributed by atoms with van der Waals surface area (Å²) in [4.78, 5) is 24.1. The van der Waals surface area contributed by atoms with Crippen molar-refractivity contribution in [3.8, 4) is 11.6 Å². The minimum Gasteiger partial charge on any atom is -0.489 e. The molecule has 10 nitrogen and oxygen atoms in total. The van der Waals surface area contributed by atoms with Gasteiger partial charge in [0, 0.05) is 43.2 Å². The lowest BCUT2D eigenvalue weighted by atomic mass is 10.2. The molecule has 1 aliphatic heterocycles. The number of rotatable bonds is 5. The first-order chi connectivity index (χ1) is 16.9. The third-order valence-corrected chi connectivity index (χ3v) is 6.15. The molecule has 4 aromatic rings. The summed E-state index contributed by atoms with van der Waals surface area (Å²) in [5, 5.41) is 14.7. The fourth-order valence-electron chi connectivity index (χ4n) is 4.39. The Kier molecular flexibility index (Phi) is 5.86. The van der Waals surface area contributed by atoms with Crippen LogP contribution in [-0.2, 0) is 6.61 Å². The molecule has 1 amide bonds. The summed E-state index contributed by atoms with van der Waals surface area (Å²) in [5.41, 5.74) is 8.08. The second kappa shape index (κ2) is 9.13. The molecule has 2 aromatic carbocycles. The van der Waals surface area contributed by atoms with Crippen molar-refractivity contribution in [1.29, 1.82) is 0 Å². The number of amides is 1. The number of nitrogens with two attached hydrogens (primary N) is 1. The Bertz CT molecular complexity index is 1370. The molecule has 1 aliphatic rings. The molecule has 3 N–H and O–H groups in total. The van der Waals surface area contributed by atoms with Gasteiger partial charge in [-0.2, -0.15) is 0 Å². The van der Waals surface area contributed by atoms with Crippen molar-refractivity contribution >= 4 is 28.6 Å². The number of carbonyl (C=O) groups is 1. The Morgan fingerprint density at radius 1 is 1.11 bits per heavy atom. The van der Waals surface area contributed by atoms with Crippen LogP contribution in [0.4, 0.5) is 16.4 Å². The standard InChI is InChI=1S/C25H27N7O3/c1-16-14-30(25(33)34)10-11-31(16)22-13-23(28-17(2)27-22)32-21-12-19(8-9-20(21)24(26)29-32)35-15-18-6-4-3-5-7-18/h3-9,12-13,16H,10-11,14-15H2,1-2H3,(H2,26,29)(H,33,34)/t16-/m0/s1. The third kappa shape index (κ3) is 4.54. The van der Waals surface area contributed by atoms with Crippen molar-refractivity contribution in [2.75, 3.05) is 30.3 Å². The Labute approximate surface area is 202 Å². The molecule has 0 spiro atoms. The molecule has 0 unspecified atom stereocenters. The van der Waals surface area contributed by atoms with E-state index in [4.69, 9.17) is 10.5 Å². The van der Waals surface area contributed by atoms with Crippen molar-refractivity contribution in [3.63, 3.8) is 0 Å². The molecule has 3 heterocycles. The van der Waals surface area contributed by atoms with E-state index in [-0.39, 0.29) is 6.04 Å². The van der Waals surface area contributed by atoms with Gasteiger partial charge in [-0.25, -0.2) is 19.4 Å². The summed E-state index contributed by atoms with van der Waals surface area (Å²) in [7, 11) is 0. The van der Waals surface area contributed by atoms with Crippen molar-refractivity contribution in [1.82, 2.24) is 24.6 Å². The van der Waals surface area contributed by atoms with Gasteiger partial charge in [-0.05, 0) is 31.5 Å². The predicted molar refractivity (Wildman–Crippen MR) is 133 cm³/mol. The van der Waals surface area contributed by atoms with Gasteiger partial charge >= 0.3 is 6.09 Å². The first-order valence-electron chi connectivity index (χ1n) is 11.4. The molecule has 10 heteroatoms. The molecule has 0 bridgehead atoms. The number of carboxylic acid groups (broad SMARTS) is 1. The number of hydrogen-bond acceptors (Lipinski definition) is 7. The van der Waals surface area contributed by atoms with Crippen LogP contribution in [0, 0.1) is 6.92 Å². The van der Waals surface area contributed by atoms with Crippen LogP contribution in [0.15, 0.2) is 54.6 Å². The van der Waals surface area contributed by atoms with Gasteiger partial charge in [0.15, 0.2) is 11.6 Å². The van der Waals surface area contributed by atoms with Crippen molar-refractivity contribution in [2.24, 2.45) is 0 Å². The largest absolute Gasteiger partial charge is 0.489 e. The van der Waals surface area contributed by atoms with E-state index in [1.165, 1.54) is 4.90 Å². The number of benzene rings is 2. The summed E-state index contributed by atoms with van der Waals surface area (Å²) < 4.78 is 7.72. The summed E-state index contributed by atoms with van der Waals surface area (Å²) in [6.45, 7) is 5.64. The van der Waals surface area contributed by atoms with E-state index in [9.17, 15) is 9.90 Å². The fraction of sp³-hybridized carbons (Fsp3) is 0.280. The molecule has 5 rings (SSSR count). The number of ether oxygens (including phenoxy) is 1. The number of aryl methyl sites for hydroxylation is 1. The van der Waals surface area contributed by atoms with E-state index in [1.54, 1.807) is 4.68 Å². The van der Waals surface area contributed by atoms with Gasteiger partial charge in [0.2, 0.25) is 0 Å². The van der Waals surface area contributed by atoms with Crippen LogP contribution < -0.4 is 15.4 Å². The summed E-state index contributed by atoms with van der Waals surface area (Å²) >= 11 is 0. The molecule has 0 aliphatic carbocycles. The van der Waals surface area contributed by atoms with E-state index in [1.807, 2.05) is 68.4 Å². The van der Waals surface area contributed by atoms with Gasteiger partial charge in [0.05, 0.1) is 5.52 Å². The van der Waals surface area contributed by atoms with Gasteiger partial charge in [0.25, 0.3) is 0 Å². The normalized spacial score (nSPS) is 16.0. The Morgan fingerprint density at radius 3 is 2.63 bits per heavy atom. The van der Waals surface area contributed by atoms with Gasteiger partial charge < -0.3 is 25.4 Å². The molecule has 1 atom stereocenters. The van der Waals surface area contributed by atoms with Crippen LogP contribution in [-0.4, -0.2) is 61.5 Å².